The van der Waals surface area contributed by atoms with E-state index in [1.165, 1.54) is 5.56 Å². The van der Waals surface area contributed by atoms with Gasteiger partial charge in [-0.25, -0.2) is 0 Å². The molecule has 0 saturated carbocycles. The highest BCUT2D eigenvalue weighted by atomic mass is 35.5. The molecule has 2 N–H and O–H groups in total. The molecule has 2 aromatic rings. The molecular formula is C14H15ClN2O. The van der Waals surface area contributed by atoms with E-state index >= 15 is 0 Å². The van der Waals surface area contributed by atoms with Gasteiger partial charge in [0.05, 0.1) is 6.26 Å². The van der Waals surface area contributed by atoms with Gasteiger partial charge >= 0.3 is 0 Å². The summed E-state index contributed by atoms with van der Waals surface area (Å²) in [4.78, 5) is 4.51. The summed E-state index contributed by atoms with van der Waals surface area (Å²) in [5.74, 6) is 0.227. The second-order valence-corrected chi connectivity index (χ2v) is 5.07. The molecule has 2 aromatic heterocycles. The molecule has 0 fully saturated rings. The molecule has 0 saturated heterocycles. The Balaban J connectivity index is 1.97. The fraction of sp³-hybridized carbons (Fsp3) is 0.357. The fourth-order valence-electron chi connectivity index (χ4n) is 2.75. The van der Waals surface area contributed by atoms with Crippen LogP contribution in [0.1, 0.15) is 41.6 Å². The first-order valence-electron chi connectivity index (χ1n) is 6.19. The first-order valence-corrected chi connectivity index (χ1v) is 6.57. The van der Waals surface area contributed by atoms with Crippen molar-refractivity contribution in [2.75, 3.05) is 0 Å². The van der Waals surface area contributed by atoms with Crippen molar-refractivity contribution < 1.29 is 4.42 Å². The number of fused-ring (bicyclic) bond motifs is 1. The molecule has 0 spiro atoms. The maximum absolute atomic E-state index is 6.35. The third-order valence-corrected chi connectivity index (χ3v) is 3.98. The normalized spacial score (nSPS) is 20.4. The molecule has 2 atom stereocenters. The molecule has 0 bridgehead atoms. The zero-order valence-electron chi connectivity index (χ0n) is 9.97. The average molecular weight is 263 g/mol. The van der Waals surface area contributed by atoms with Crippen LogP contribution in [-0.4, -0.2) is 4.98 Å². The first kappa shape index (κ1) is 11.8. The SMILES string of the molecule is NC(c1ccoc1Cl)C1CCCc2cccnc21. The number of nitrogens with zero attached hydrogens (tertiary/aromatic N) is 1. The quantitative estimate of drug-likeness (QED) is 0.902. The molecule has 1 aliphatic rings. The van der Waals surface area contributed by atoms with Crippen molar-refractivity contribution in [2.24, 2.45) is 5.73 Å². The highest BCUT2D eigenvalue weighted by Gasteiger charge is 2.29. The van der Waals surface area contributed by atoms with Gasteiger partial charge in [-0.1, -0.05) is 6.07 Å². The second kappa shape index (κ2) is 4.75. The van der Waals surface area contributed by atoms with Gasteiger partial charge in [0.1, 0.15) is 0 Å². The van der Waals surface area contributed by atoms with Gasteiger partial charge in [-0.2, -0.15) is 0 Å². The van der Waals surface area contributed by atoms with Crippen LogP contribution in [0, 0.1) is 0 Å². The van der Waals surface area contributed by atoms with Crippen molar-refractivity contribution >= 4 is 11.6 Å². The van der Waals surface area contributed by atoms with E-state index in [4.69, 9.17) is 21.8 Å². The Morgan fingerprint density at radius 2 is 2.33 bits per heavy atom. The first-order chi connectivity index (χ1) is 8.77. The third kappa shape index (κ3) is 1.93. The summed E-state index contributed by atoms with van der Waals surface area (Å²) in [5, 5.41) is 0.394. The van der Waals surface area contributed by atoms with Crippen molar-refractivity contribution in [3.63, 3.8) is 0 Å². The number of hydrogen-bond acceptors (Lipinski definition) is 3. The minimum atomic E-state index is -0.148. The summed E-state index contributed by atoms with van der Waals surface area (Å²) >= 11 is 6.01. The molecule has 2 heterocycles. The fourth-order valence-corrected chi connectivity index (χ4v) is 2.99. The summed E-state index contributed by atoms with van der Waals surface area (Å²) in [6.45, 7) is 0. The number of halogens is 1. The lowest BCUT2D eigenvalue weighted by atomic mass is 9.80. The Bertz CT molecular complexity index is 552. The zero-order chi connectivity index (χ0) is 12.5. The Morgan fingerprint density at radius 1 is 1.44 bits per heavy atom. The second-order valence-electron chi connectivity index (χ2n) is 4.72. The van der Waals surface area contributed by atoms with Crippen LogP contribution >= 0.6 is 11.6 Å². The highest BCUT2D eigenvalue weighted by molar-refractivity contribution is 6.29. The molecule has 4 heteroatoms. The van der Waals surface area contributed by atoms with Crippen LogP contribution in [0.3, 0.4) is 0 Å². The number of furan rings is 1. The van der Waals surface area contributed by atoms with Crippen LogP contribution in [-0.2, 0) is 6.42 Å². The monoisotopic (exact) mass is 262 g/mol. The van der Waals surface area contributed by atoms with Crippen molar-refractivity contribution in [3.8, 4) is 0 Å². The van der Waals surface area contributed by atoms with Crippen molar-refractivity contribution in [3.05, 3.63) is 52.7 Å². The van der Waals surface area contributed by atoms with Gasteiger partial charge < -0.3 is 10.2 Å². The van der Waals surface area contributed by atoms with Crippen LogP contribution in [0.4, 0.5) is 0 Å². The van der Waals surface area contributed by atoms with E-state index in [-0.39, 0.29) is 12.0 Å². The van der Waals surface area contributed by atoms with E-state index in [1.807, 2.05) is 18.3 Å². The number of aryl methyl sites for hydroxylation is 1. The number of rotatable bonds is 2. The largest absolute Gasteiger partial charge is 0.453 e. The number of pyridine rings is 1. The van der Waals surface area contributed by atoms with Gasteiger partial charge in [-0.15, -0.1) is 0 Å². The van der Waals surface area contributed by atoms with Crippen LogP contribution in [0.2, 0.25) is 5.22 Å². The molecule has 0 aliphatic heterocycles. The van der Waals surface area contributed by atoms with E-state index in [0.29, 0.717) is 5.22 Å². The minimum Gasteiger partial charge on any atom is -0.453 e. The maximum Gasteiger partial charge on any atom is 0.197 e. The van der Waals surface area contributed by atoms with Gasteiger partial charge in [0, 0.05) is 29.4 Å². The summed E-state index contributed by atoms with van der Waals surface area (Å²) in [5.41, 5.74) is 9.65. The minimum absolute atomic E-state index is 0.148. The summed E-state index contributed by atoms with van der Waals surface area (Å²) in [7, 11) is 0. The topological polar surface area (TPSA) is 52.0 Å². The summed E-state index contributed by atoms with van der Waals surface area (Å²) in [6.07, 6.45) is 6.70. The smallest absolute Gasteiger partial charge is 0.197 e. The predicted molar refractivity (Wildman–Crippen MR) is 70.6 cm³/mol. The molecule has 2 unspecified atom stereocenters. The third-order valence-electron chi connectivity index (χ3n) is 3.68. The average Bonchev–Trinajstić information content (AvgIpc) is 2.83. The van der Waals surface area contributed by atoms with Crippen LogP contribution in [0.25, 0.3) is 0 Å². The molecule has 1 aliphatic carbocycles. The lowest BCUT2D eigenvalue weighted by Gasteiger charge is -2.28. The van der Waals surface area contributed by atoms with Gasteiger partial charge in [-0.3, -0.25) is 4.98 Å². The predicted octanol–water partition coefficient (Wildman–Crippen LogP) is 3.45. The van der Waals surface area contributed by atoms with E-state index in [9.17, 15) is 0 Å². The Kier molecular flexibility index (Phi) is 3.10. The Labute approximate surface area is 111 Å². The number of aromatic nitrogens is 1. The van der Waals surface area contributed by atoms with Crippen molar-refractivity contribution in [1.82, 2.24) is 4.98 Å². The van der Waals surface area contributed by atoms with Gasteiger partial charge in [-0.05, 0) is 48.6 Å². The van der Waals surface area contributed by atoms with E-state index in [1.54, 1.807) is 6.26 Å². The zero-order valence-corrected chi connectivity index (χ0v) is 10.7. The molecule has 18 heavy (non-hydrogen) atoms. The Hall–Kier alpha value is -1.32. The molecule has 0 radical (unpaired) electrons. The van der Waals surface area contributed by atoms with Crippen molar-refractivity contribution in [1.29, 1.82) is 0 Å². The van der Waals surface area contributed by atoms with E-state index in [0.717, 1.165) is 30.5 Å². The lowest BCUT2D eigenvalue weighted by Crippen LogP contribution is -2.24. The standard InChI is InChI=1S/C14H15ClN2O/c15-14-11(6-8-18-14)12(16)10-5-1-3-9-4-2-7-17-13(9)10/h2,4,6-8,10,12H,1,3,5,16H2. The molecule has 3 rings (SSSR count). The number of nitrogens with two attached hydrogens (primary N) is 1. The van der Waals surface area contributed by atoms with Crippen LogP contribution < -0.4 is 5.73 Å². The van der Waals surface area contributed by atoms with E-state index in [2.05, 4.69) is 11.1 Å². The van der Waals surface area contributed by atoms with Crippen molar-refractivity contribution in [2.45, 2.75) is 31.2 Å². The number of hydrogen-bond donors (Lipinski definition) is 1. The Morgan fingerprint density at radius 3 is 3.11 bits per heavy atom. The molecule has 94 valence electrons. The maximum atomic E-state index is 6.35. The summed E-state index contributed by atoms with van der Waals surface area (Å²) in [6, 6.07) is 5.82. The molecule has 0 amide bonds. The molecular weight excluding hydrogens is 248 g/mol. The highest BCUT2D eigenvalue weighted by Crippen LogP contribution is 2.39. The summed E-state index contributed by atoms with van der Waals surface area (Å²) < 4.78 is 5.13. The van der Waals surface area contributed by atoms with Gasteiger partial charge in [0.15, 0.2) is 5.22 Å². The van der Waals surface area contributed by atoms with E-state index < -0.39 is 0 Å². The molecule has 0 aromatic carbocycles. The molecule has 3 nitrogen and oxygen atoms in total. The lowest BCUT2D eigenvalue weighted by molar-refractivity contribution is 0.458. The van der Waals surface area contributed by atoms with Gasteiger partial charge in [0.2, 0.25) is 0 Å². The van der Waals surface area contributed by atoms with Crippen LogP contribution in [0.15, 0.2) is 35.1 Å². The van der Waals surface area contributed by atoms with Gasteiger partial charge in [0.25, 0.3) is 0 Å². The van der Waals surface area contributed by atoms with Crippen LogP contribution in [0.5, 0.6) is 0 Å².